The third kappa shape index (κ3) is 1.08. The van der Waals surface area contributed by atoms with E-state index in [1.807, 2.05) is 0 Å². The minimum atomic E-state index is -0.0361. The standard InChI is InChI=1S/C4H5BrN2O/c5-3-1-6-4(2-8)7-3/h1,8H,2H2,(H,6,7). The Bertz CT molecular complexity index is 174. The summed E-state index contributed by atoms with van der Waals surface area (Å²) >= 11 is 3.14. The number of hydrogen-bond donors (Lipinski definition) is 2. The lowest BCUT2D eigenvalue weighted by atomic mass is 10.7. The smallest absolute Gasteiger partial charge is 0.132 e. The van der Waals surface area contributed by atoms with Gasteiger partial charge in [0.15, 0.2) is 0 Å². The fraction of sp³-hybridized carbons (Fsp3) is 0.250. The second-order valence-electron chi connectivity index (χ2n) is 1.34. The summed E-state index contributed by atoms with van der Waals surface area (Å²) in [5.41, 5.74) is 0. The van der Waals surface area contributed by atoms with E-state index in [1.165, 1.54) is 0 Å². The van der Waals surface area contributed by atoms with Gasteiger partial charge in [0, 0.05) is 0 Å². The number of aromatic amines is 1. The van der Waals surface area contributed by atoms with Crippen molar-refractivity contribution in [2.75, 3.05) is 0 Å². The van der Waals surface area contributed by atoms with Crippen LogP contribution in [-0.4, -0.2) is 15.1 Å². The first-order valence-electron chi connectivity index (χ1n) is 2.13. The first-order chi connectivity index (χ1) is 3.83. The molecule has 0 aliphatic rings. The Morgan fingerprint density at radius 2 is 2.62 bits per heavy atom. The van der Waals surface area contributed by atoms with Crippen LogP contribution in [0.2, 0.25) is 0 Å². The van der Waals surface area contributed by atoms with Crippen molar-refractivity contribution < 1.29 is 5.11 Å². The van der Waals surface area contributed by atoms with E-state index in [0.717, 1.165) is 4.60 Å². The first kappa shape index (κ1) is 5.78. The van der Waals surface area contributed by atoms with Gasteiger partial charge in [-0.1, -0.05) is 0 Å². The molecular weight excluding hydrogens is 172 g/mol. The predicted molar refractivity (Wildman–Crippen MR) is 32.2 cm³/mol. The van der Waals surface area contributed by atoms with Crippen molar-refractivity contribution in [3.8, 4) is 0 Å². The van der Waals surface area contributed by atoms with Gasteiger partial charge in [-0.3, -0.25) is 0 Å². The van der Waals surface area contributed by atoms with Gasteiger partial charge in [-0.15, -0.1) is 0 Å². The molecule has 1 aromatic rings. The normalized spacial score (nSPS) is 9.75. The van der Waals surface area contributed by atoms with Crippen LogP contribution in [0.1, 0.15) is 5.82 Å². The topological polar surface area (TPSA) is 48.9 Å². The van der Waals surface area contributed by atoms with Crippen LogP contribution in [0, 0.1) is 0 Å². The number of imidazole rings is 1. The summed E-state index contributed by atoms with van der Waals surface area (Å²) in [4.78, 5) is 6.56. The fourth-order valence-electron chi connectivity index (χ4n) is 0.417. The zero-order chi connectivity index (χ0) is 5.98. The molecule has 0 fully saturated rings. The molecule has 1 heterocycles. The Morgan fingerprint density at radius 1 is 1.88 bits per heavy atom. The molecule has 0 bridgehead atoms. The highest BCUT2D eigenvalue weighted by Gasteiger charge is 1.91. The van der Waals surface area contributed by atoms with Crippen LogP contribution in [0.25, 0.3) is 0 Å². The first-order valence-corrected chi connectivity index (χ1v) is 2.92. The summed E-state index contributed by atoms with van der Waals surface area (Å²) in [7, 11) is 0. The number of aromatic nitrogens is 2. The van der Waals surface area contributed by atoms with Gasteiger partial charge in [0.2, 0.25) is 0 Å². The van der Waals surface area contributed by atoms with Crippen LogP contribution < -0.4 is 0 Å². The summed E-state index contributed by atoms with van der Waals surface area (Å²) < 4.78 is 0.793. The van der Waals surface area contributed by atoms with Crippen LogP contribution >= 0.6 is 15.9 Å². The third-order valence-electron chi connectivity index (χ3n) is 0.747. The highest BCUT2D eigenvalue weighted by Crippen LogP contribution is 2.03. The Hall–Kier alpha value is -0.350. The number of halogens is 1. The van der Waals surface area contributed by atoms with Gasteiger partial charge in [0.05, 0.1) is 6.20 Å². The average Bonchev–Trinajstić information content (AvgIpc) is 2.14. The molecule has 44 valence electrons. The SMILES string of the molecule is OCc1ncc(Br)[nH]1. The monoisotopic (exact) mass is 176 g/mol. The lowest BCUT2D eigenvalue weighted by Gasteiger charge is -1.81. The summed E-state index contributed by atoms with van der Waals surface area (Å²) in [5, 5.41) is 8.44. The highest BCUT2D eigenvalue weighted by molar-refractivity contribution is 9.10. The van der Waals surface area contributed by atoms with Crippen molar-refractivity contribution in [1.29, 1.82) is 0 Å². The van der Waals surface area contributed by atoms with Crippen LogP contribution in [-0.2, 0) is 6.61 Å². The molecule has 4 heteroatoms. The lowest BCUT2D eigenvalue weighted by Crippen LogP contribution is -1.82. The molecular formula is C4H5BrN2O. The van der Waals surface area contributed by atoms with Crippen molar-refractivity contribution in [1.82, 2.24) is 9.97 Å². The number of nitrogens with zero attached hydrogens (tertiary/aromatic N) is 1. The zero-order valence-corrected chi connectivity index (χ0v) is 5.64. The molecule has 3 nitrogen and oxygen atoms in total. The van der Waals surface area contributed by atoms with Crippen LogP contribution in [0.3, 0.4) is 0 Å². The maximum Gasteiger partial charge on any atom is 0.132 e. The molecule has 0 saturated heterocycles. The second kappa shape index (κ2) is 2.28. The third-order valence-corrected chi connectivity index (χ3v) is 1.15. The molecule has 0 aliphatic carbocycles. The van der Waals surface area contributed by atoms with Crippen molar-refractivity contribution in [3.05, 3.63) is 16.6 Å². The van der Waals surface area contributed by atoms with Crippen molar-refractivity contribution in [2.24, 2.45) is 0 Å². The Kier molecular flexibility index (Phi) is 1.65. The molecule has 0 spiro atoms. The quantitative estimate of drug-likeness (QED) is 0.661. The Balaban J connectivity index is 2.84. The molecule has 0 aromatic carbocycles. The van der Waals surface area contributed by atoms with E-state index < -0.39 is 0 Å². The number of rotatable bonds is 1. The average molecular weight is 177 g/mol. The zero-order valence-electron chi connectivity index (χ0n) is 4.06. The van der Waals surface area contributed by atoms with Crippen LogP contribution in [0.4, 0.5) is 0 Å². The van der Waals surface area contributed by atoms with E-state index in [4.69, 9.17) is 5.11 Å². The van der Waals surface area contributed by atoms with Gasteiger partial charge in [-0.2, -0.15) is 0 Å². The van der Waals surface area contributed by atoms with Crippen molar-refractivity contribution in [3.63, 3.8) is 0 Å². The minimum absolute atomic E-state index is 0.0361. The minimum Gasteiger partial charge on any atom is -0.388 e. The maximum atomic E-state index is 8.44. The Morgan fingerprint density at radius 3 is 2.88 bits per heavy atom. The van der Waals surface area contributed by atoms with E-state index in [0.29, 0.717) is 5.82 Å². The van der Waals surface area contributed by atoms with E-state index in [-0.39, 0.29) is 6.61 Å². The summed E-state index contributed by atoms with van der Waals surface area (Å²) in [6.45, 7) is -0.0361. The van der Waals surface area contributed by atoms with Crippen LogP contribution in [0.15, 0.2) is 10.8 Å². The fourth-order valence-corrected chi connectivity index (χ4v) is 0.749. The molecule has 1 aromatic heterocycles. The number of nitrogens with one attached hydrogen (secondary N) is 1. The molecule has 1 rings (SSSR count). The van der Waals surface area contributed by atoms with Gasteiger partial charge in [-0.25, -0.2) is 4.98 Å². The summed E-state index contributed by atoms with van der Waals surface area (Å²) in [6.07, 6.45) is 1.60. The van der Waals surface area contributed by atoms with Gasteiger partial charge >= 0.3 is 0 Å². The molecule has 0 aliphatic heterocycles. The summed E-state index contributed by atoms with van der Waals surface area (Å²) in [5.74, 6) is 0.580. The number of aliphatic hydroxyl groups excluding tert-OH is 1. The van der Waals surface area contributed by atoms with Crippen molar-refractivity contribution in [2.45, 2.75) is 6.61 Å². The predicted octanol–water partition coefficient (Wildman–Crippen LogP) is 0.665. The lowest BCUT2D eigenvalue weighted by molar-refractivity contribution is 0.272. The molecule has 8 heavy (non-hydrogen) atoms. The molecule has 0 saturated carbocycles. The Labute approximate surface area is 54.9 Å². The van der Waals surface area contributed by atoms with E-state index in [1.54, 1.807) is 6.20 Å². The maximum absolute atomic E-state index is 8.44. The molecule has 2 N–H and O–H groups in total. The molecule has 0 atom stereocenters. The van der Waals surface area contributed by atoms with Gasteiger partial charge in [0.25, 0.3) is 0 Å². The van der Waals surface area contributed by atoms with Gasteiger partial charge in [0.1, 0.15) is 17.0 Å². The number of H-pyrrole nitrogens is 1. The largest absolute Gasteiger partial charge is 0.388 e. The number of aliphatic hydroxyl groups is 1. The van der Waals surface area contributed by atoms with E-state index in [9.17, 15) is 0 Å². The molecule has 0 radical (unpaired) electrons. The second-order valence-corrected chi connectivity index (χ2v) is 2.19. The van der Waals surface area contributed by atoms with Gasteiger partial charge < -0.3 is 10.1 Å². The molecule has 0 amide bonds. The van der Waals surface area contributed by atoms with E-state index in [2.05, 4.69) is 25.9 Å². The number of hydrogen-bond acceptors (Lipinski definition) is 2. The van der Waals surface area contributed by atoms with Crippen molar-refractivity contribution >= 4 is 15.9 Å². The van der Waals surface area contributed by atoms with Crippen LogP contribution in [0.5, 0.6) is 0 Å². The summed E-state index contributed by atoms with van der Waals surface area (Å²) in [6, 6.07) is 0. The molecule has 0 unspecified atom stereocenters. The highest BCUT2D eigenvalue weighted by atomic mass is 79.9. The van der Waals surface area contributed by atoms with E-state index >= 15 is 0 Å². The van der Waals surface area contributed by atoms with Gasteiger partial charge in [-0.05, 0) is 15.9 Å².